The lowest BCUT2D eigenvalue weighted by Gasteiger charge is -2.38. The van der Waals surface area contributed by atoms with E-state index in [4.69, 9.17) is 4.74 Å². The molecule has 1 fully saturated rings. The van der Waals surface area contributed by atoms with E-state index in [0.29, 0.717) is 6.42 Å². The molecule has 5 heteroatoms. The molecule has 0 saturated carbocycles. The maximum Gasteiger partial charge on any atom is 0.246 e. The highest BCUT2D eigenvalue weighted by atomic mass is 16.5. The van der Waals surface area contributed by atoms with Gasteiger partial charge in [0.1, 0.15) is 6.61 Å². The van der Waals surface area contributed by atoms with E-state index in [1.165, 1.54) is 0 Å². The van der Waals surface area contributed by atoms with Crippen LogP contribution in [0.25, 0.3) is 0 Å². The number of carbonyl (C=O) groups is 1. The predicted octanol–water partition coefficient (Wildman–Crippen LogP) is -0.358. The van der Waals surface area contributed by atoms with Gasteiger partial charge in [-0.1, -0.05) is 6.92 Å². The molecule has 94 valence electrons. The predicted molar refractivity (Wildman–Crippen MR) is 61.2 cm³/mol. The summed E-state index contributed by atoms with van der Waals surface area (Å²) in [6, 6.07) is 0. The second kappa shape index (κ2) is 5.12. The summed E-state index contributed by atoms with van der Waals surface area (Å²) < 4.78 is 5.47. The SMILES string of the molecule is CCC(C)(O)CNC(=O)COC1(C)CNC1. The van der Waals surface area contributed by atoms with Crippen LogP contribution < -0.4 is 10.6 Å². The largest absolute Gasteiger partial charge is 0.388 e. The third-order valence-corrected chi connectivity index (χ3v) is 2.98. The van der Waals surface area contributed by atoms with Gasteiger partial charge in [0.05, 0.1) is 11.2 Å². The highest BCUT2D eigenvalue weighted by molar-refractivity contribution is 5.77. The van der Waals surface area contributed by atoms with Crippen molar-refractivity contribution in [3.8, 4) is 0 Å². The summed E-state index contributed by atoms with van der Waals surface area (Å²) in [5.74, 6) is -0.179. The number of ether oxygens (including phenoxy) is 1. The fraction of sp³-hybridized carbons (Fsp3) is 0.909. The normalized spacial score (nSPS) is 22.0. The zero-order chi connectivity index (χ0) is 12.2. The van der Waals surface area contributed by atoms with Gasteiger partial charge in [-0.25, -0.2) is 0 Å². The van der Waals surface area contributed by atoms with E-state index in [9.17, 15) is 9.90 Å². The zero-order valence-electron chi connectivity index (χ0n) is 10.3. The van der Waals surface area contributed by atoms with Gasteiger partial charge in [-0.2, -0.15) is 0 Å². The van der Waals surface area contributed by atoms with E-state index in [-0.39, 0.29) is 24.7 Å². The molecule has 0 aromatic carbocycles. The van der Waals surface area contributed by atoms with E-state index in [0.717, 1.165) is 13.1 Å². The number of hydrogen-bond acceptors (Lipinski definition) is 4. The average Bonchev–Trinajstić information content (AvgIpc) is 2.21. The van der Waals surface area contributed by atoms with Crippen molar-refractivity contribution in [3.63, 3.8) is 0 Å². The molecule has 0 radical (unpaired) electrons. The molecule has 1 amide bonds. The van der Waals surface area contributed by atoms with E-state index >= 15 is 0 Å². The summed E-state index contributed by atoms with van der Waals surface area (Å²) in [7, 11) is 0. The summed E-state index contributed by atoms with van der Waals surface area (Å²) in [6.45, 7) is 7.44. The third-order valence-electron chi connectivity index (χ3n) is 2.98. The van der Waals surface area contributed by atoms with Crippen LogP contribution in [0.3, 0.4) is 0 Å². The fourth-order valence-corrected chi connectivity index (χ4v) is 1.28. The van der Waals surface area contributed by atoms with Gasteiger partial charge in [0.25, 0.3) is 0 Å². The fourth-order valence-electron chi connectivity index (χ4n) is 1.28. The van der Waals surface area contributed by atoms with Gasteiger partial charge in [0.2, 0.25) is 5.91 Å². The van der Waals surface area contributed by atoms with Crippen LogP contribution in [0.1, 0.15) is 27.2 Å². The molecule has 1 atom stereocenters. The first-order valence-corrected chi connectivity index (χ1v) is 5.71. The van der Waals surface area contributed by atoms with E-state index < -0.39 is 5.60 Å². The van der Waals surface area contributed by atoms with Crippen molar-refractivity contribution >= 4 is 5.91 Å². The molecule has 16 heavy (non-hydrogen) atoms. The van der Waals surface area contributed by atoms with Gasteiger partial charge in [0, 0.05) is 19.6 Å². The Hall–Kier alpha value is -0.650. The van der Waals surface area contributed by atoms with Gasteiger partial charge in [-0.15, -0.1) is 0 Å². The van der Waals surface area contributed by atoms with E-state index in [1.807, 2.05) is 13.8 Å². The van der Waals surface area contributed by atoms with Crippen molar-refractivity contribution in [2.45, 2.75) is 38.4 Å². The first-order chi connectivity index (χ1) is 7.37. The molecule has 1 saturated heterocycles. The van der Waals surface area contributed by atoms with Crippen LogP contribution in [-0.2, 0) is 9.53 Å². The third kappa shape index (κ3) is 4.08. The molecule has 1 heterocycles. The lowest BCUT2D eigenvalue weighted by Crippen LogP contribution is -2.59. The molecule has 0 aliphatic carbocycles. The Bertz CT molecular complexity index is 232. The summed E-state index contributed by atoms with van der Waals surface area (Å²) in [5.41, 5.74) is -1.04. The van der Waals surface area contributed by atoms with Gasteiger partial charge >= 0.3 is 0 Å². The monoisotopic (exact) mass is 230 g/mol. The second-order valence-electron chi connectivity index (χ2n) is 4.97. The van der Waals surface area contributed by atoms with Crippen LogP contribution in [0.4, 0.5) is 0 Å². The molecule has 5 nitrogen and oxygen atoms in total. The highest BCUT2D eigenvalue weighted by Crippen LogP contribution is 2.14. The molecule has 1 rings (SSSR count). The molecule has 1 unspecified atom stereocenters. The molecule has 0 spiro atoms. The summed E-state index contributed by atoms with van der Waals surface area (Å²) in [5, 5.41) is 15.4. The van der Waals surface area contributed by atoms with Crippen molar-refractivity contribution < 1.29 is 14.6 Å². The summed E-state index contributed by atoms with van der Waals surface area (Å²) in [4.78, 5) is 11.4. The first-order valence-electron chi connectivity index (χ1n) is 5.71. The highest BCUT2D eigenvalue weighted by Gasteiger charge is 2.33. The number of carbonyl (C=O) groups excluding carboxylic acids is 1. The minimum atomic E-state index is -0.836. The summed E-state index contributed by atoms with van der Waals surface area (Å²) >= 11 is 0. The molecule has 0 aromatic heterocycles. The molecule has 0 bridgehead atoms. The van der Waals surface area contributed by atoms with E-state index in [1.54, 1.807) is 6.92 Å². The minimum absolute atomic E-state index is 0.0535. The van der Waals surface area contributed by atoms with Crippen LogP contribution in [-0.4, -0.2) is 48.5 Å². The Labute approximate surface area is 96.6 Å². The topological polar surface area (TPSA) is 70.6 Å². The van der Waals surface area contributed by atoms with Crippen molar-refractivity contribution in [1.82, 2.24) is 10.6 Å². The zero-order valence-corrected chi connectivity index (χ0v) is 10.3. The van der Waals surface area contributed by atoms with Gasteiger partial charge in [-0.05, 0) is 20.3 Å². The first kappa shape index (κ1) is 13.4. The molecular weight excluding hydrogens is 208 g/mol. The Morgan fingerprint density at radius 1 is 1.62 bits per heavy atom. The maximum atomic E-state index is 11.4. The van der Waals surface area contributed by atoms with E-state index in [2.05, 4.69) is 10.6 Å². The van der Waals surface area contributed by atoms with Gasteiger partial charge in [0.15, 0.2) is 0 Å². The molecule has 1 aliphatic heterocycles. The van der Waals surface area contributed by atoms with Crippen molar-refractivity contribution in [1.29, 1.82) is 0 Å². The van der Waals surface area contributed by atoms with Gasteiger partial charge in [-0.3, -0.25) is 4.79 Å². The van der Waals surface area contributed by atoms with Crippen LogP contribution >= 0.6 is 0 Å². The van der Waals surface area contributed by atoms with Crippen LogP contribution in [0.15, 0.2) is 0 Å². The standard InChI is InChI=1S/C11H22N2O3/c1-4-10(2,15)6-13-9(14)5-16-11(3)7-12-8-11/h12,15H,4-8H2,1-3H3,(H,13,14). The second-order valence-corrected chi connectivity index (χ2v) is 4.97. The molecule has 3 N–H and O–H groups in total. The average molecular weight is 230 g/mol. The minimum Gasteiger partial charge on any atom is -0.388 e. The number of nitrogens with one attached hydrogen (secondary N) is 2. The molecule has 0 aromatic rings. The Morgan fingerprint density at radius 2 is 2.25 bits per heavy atom. The number of hydrogen-bond donors (Lipinski definition) is 3. The lowest BCUT2D eigenvalue weighted by atomic mass is 10.0. The van der Waals surface area contributed by atoms with Crippen molar-refractivity contribution in [3.05, 3.63) is 0 Å². The molecular formula is C11H22N2O3. The summed E-state index contributed by atoms with van der Waals surface area (Å²) in [6.07, 6.45) is 0.607. The van der Waals surface area contributed by atoms with Crippen LogP contribution in [0, 0.1) is 0 Å². The number of aliphatic hydroxyl groups is 1. The van der Waals surface area contributed by atoms with Crippen LogP contribution in [0.5, 0.6) is 0 Å². The molecule has 1 aliphatic rings. The Balaban J connectivity index is 2.16. The van der Waals surface area contributed by atoms with Crippen LogP contribution in [0.2, 0.25) is 0 Å². The number of rotatable bonds is 6. The lowest BCUT2D eigenvalue weighted by molar-refractivity contribution is -0.136. The van der Waals surface area contributed by atoms with Gasteiger partial charge < -0.3 is 20.5 Å². The maximum absolute atomic E-state index is 11.4. The smallest absolute Gasteiger partial charge is 0.246 e. The number of amides is 1. The Morgan fingerprint density at radius 3 is 2.69 bits per heavy atom. The van der Waals surface area contributed by atoms with Crippen molar-refractivity contribution in [2.75, 3.05) is 26.2 Å². The quantitative estimate of drug-likeness (QED) is 0.583. The Kier molecular flexibility index (Phi) is 4.29. The van der Waals surface area contributed by atoms with Crippen molar-refractivity contribution in [2.24, 2.45) is 0 Å².